The number of carboxylic acids is 1. The summed E-state index contributed by atoms with van der Waals surface area (Å²) in [5.74, 6) is -1.10. The zero-order chi connectivity index (χ0) is 23.2. The summed E-state index contributed by atoms with van der Waals surface area (Å²) >= 11 is 0. The van der Waals surface area contributed by atoms with Gasteiger partial charge in [-0.25, -0.2) is 4.79 Å². The maximum atomic E-state index is 12.7. The Bertz CT molecular complexity index is 976. The van der Waals surface area contributed by atoms with Crippen molar-refractivity contribution >= 4 is 18.0 Å². The van der Waals surface area contributed by atoms with Crippen LogP contribution in [0.3, 0.4) is 0 Å². The zero-order valence-corrected chi connectivity index (χ0v) is 18.6. The molecule has 33 heavy (non-hydrogen) atoms. The van der Waals surface area contributed by atoms with E-state index in [9.17, 15) is 14.4 Å². The molecule has 0 bridgehead atoms. The van der Waals surface area contributed by atoms with Gasteiger partial charge in [-0.2, -0.15) is 0 Å². The van der Waals surface area contributed by atoms with Crippen molar-refractivity contribution in [3.05, 3.63) is 59.7 Å². The summed E-state index contributed by atoms with van der Waals surface area (Å²) in [6.07, 6.45) is 3.37. The number of amides is 2. The number of carbonyl (C=O) groups excluding carboxylic acids is 2. The molecular formula is C26H30N2O5. The van der Waals surface area contributed by atoms with Crippen molar-refractivity contribution < 1.29 is 24.2 Å². The second-order valence-corrected chi connectivity index (χ2v) is 8.82. The van der Waals surface area contributed by atoms with Gasteiger partial charge >= 0.3 is 12.1 Å². The molecule has 2 atom stereocenters. The van der Waals surface area contributed by atoms with Crippen LogP contribution in [0.5, 0.6) is 0 Å². The molecule has 0 heterocycles. The molecule has 7 heteroatoms. The van der Waals surface area contributed by atoms with E-state index in [4.69, 9.17) is 9.84 Å². The number of aliphatic carboxylic acids is 1. The number of nitrogens with one attached hydrogen (secondary N) is 2. The van der Waals surface area contributed by atoms with E-state index in [1.807, 2.05) is 24.3 Å². The van der Waals surface area contributed by atoms with Crippen LogP contribution in [0.15, 0.2) is 48.5 Å². The number of alkyl carbamates (subject to hydrolysis) is 1. The third-order valence-corrected chi connectivity index (χ3v) is 6.66. The molecule has 0 unspecified atom stereocenters. The van der Waals surface area contributed by atoms with Crippen molar-refractivity contribution in [1.29, 1.82) is 0 Å². The predicted octanol–water partition coefficient (Wildman–Crippen LogP) is 4.06. The molecule has 0 saturated heterocycles. The lowest BCUT2D eigenvalue weighted by molar-refractivity contribution is -0.136. The Morgan fingerprint density at radius 3 is 2.24 bits per heavy atom. The molecule has 1 fully saturated rings. The van der Waals surface area contributed by atoms with E-state index in [2.05, 4.69) is 34.9 Å². The molecule has 2 aromatic carbocycles. The maximum absolute atomic E-state index is 12.7. The topological polar surface area (TPSA) is 105 Å². The minimum absolute atomic E-state index is 0.00492. The highest BCUT2D eigenvalue weighted by atomic mass is 16.5. The lowest BCUT2D eigenvalue weighted by Crippen LogP contribution is -2.44. The first-order chi connectivity index (χ1) is 16.0. The SMILES string of the molecule is O=C(O)CCNC(=O)C[C@H]1CCCC[C@H]1NC(=O)OCC1c2ccccc2-c2ccccc21. The summed E-state index contributed by atoms with van der Waals surface area (Å²) < 4.78 is 5.67. The molecule has 2 amide bonds. The van der Waals surface area contributed by atoms with Crippen LogP contribution in [0.25, 0.3) is 11.1 Å². The van der Waals surface area contributed by atoms with Crippen LogP contribution in [-0.4, -0.2) is 42.3 Å². The second-order valence-electron chi connectivity index (χ2n) is 8.82. The van der Waals surface area contributed by atoms with E-state index in [0.29, 0.717) is 0 Å². The van der Waals surface area contributed by atoms with Crippen molar-refractivity contribution in [2.75, 3.05) is 13.2 Å². The molecule has 2 aromatic rings. The van der Waals surface area contributed by atoms with Crippen LogP contribution in [0.1, 0.15) is 55.6 Å². The van der Waals surface area contributed by atoms with Gasteiger partial charge in [0.05, 0.1) is 6.42 Å². The summed E-state index contributed by atoms with van der Waals surface area (Å²) in [6.45, 7) is 0.373. The van der Waals surface area contributed by atoms with Gasteiger partial charge in [0.1, 0.15) is 6.61 Å². The Morgan fingerprint density at radius 2 is 1.58 bits per heavy atom. The van der Waals surface area contributed by atoms with E-state index >= 15 is 0 Å². The van der Waals surface area contributed by atoms with Gasteiger partial charge in [0.15, 0.2) is 0 Å². The summed E-state index contributed by atoms with van der Waals surface area (Å²) in [7, 11) is 0. The van der Waals surface area contributed by atoms with Crippen molar-refractivity contribution in [1.82, 2.24) is 10.6 Å². The Morgan fingerprint density at radius 1 is 0.939 bits per heavy atom. The number of ether oxygens (including phenoxy) is 1. The number of benzene rings is 2. The van der Waals surface area contributed by atoms with Gasteiger partial charge in [0.2, 0.25) is 5.91 Å². The smallest absolute Gasteiger partial charge is 0.407 e. The number of hydrogen-bond acceptors (Lipinski definition) is 4. The van der Waals surface area contributed by atoms with Crippen molar-refractivity contribution in [3.8, 4) is 11.1 Å². The molecule has 1 saturated carbocycles. The highest BCUT2D eigenvalue weighted by Crippen LogP contribution is 2.44. The minimum atomic E-state index is -0.942. The Balaban J connectivity index is 1.32. The molecule has 2 aliphatic rings. The largest absolute Gasteiger partial charge is 0.481 e. The third kappa shape index (κ3) is 5.53. The zero-order valence-electron chi connectivity index (χ0n) is 18.6. The number of rotatable bonds is 8. The fourth-order valence-corrected chi connectivity index (χ4v) is 5.05. The molecule has 2 aliphatic carbocycles. The molecule has 0 spiro atoms. The highest BCUT2D eigenvalue weighted by molar-refractivity contribution is 5.79. The summed E-state index contributed by atoms with van der Waals surface area (Å²) in [5.41, 5.74) is 4.70. The number of carbonyl (C=O) groups is 3. The fraction of sp³-hybridized carbons (Fsp3) is 0.423. The van der Waals surface area contributed by atoms with Crippen molar-refractivity contribution in [2.24, 2.45) is 5.92 Å². The first-order valence-corrected chi connectivity index (χ1v) is 11.6. The van der Waals surface area contributed by atoms with E-state index in [1.165, 1.54) is 22.3 Å². The molecule has 174 valence electrons. The van der Waals surface area contributed by atoms with Gasteiger partial charge < -0.3 is 20.5 Å². The summed E-state index contributed by atoms with van der Waals surface area (Å²) in [5, 5.41) is 14.4. The van der Waals surface area contributed by atoms with Crippen LogP contribution in [0, 0.1) is 5.92 Å². The molecule has 4 rings (SSSR count). The van der Waals surface area contributed by atoms with E-state index in [-0.39, 0.29) is 49.8 Å². The Kier molecular flexibility index (Phi) is 7.27. The first kappa shape index (κ1) is 22.8. The van der Waals surface area contributed by atoms with Gasteiger partial charge in [-0.15, -0.1) is 0 Å². The first-order valence-electron chi connectivity index (χ1n) is 11.6. The lowest BCUT2D eigenvalue weighted by Gasteiger charge is -2.31. The monoisotopic (exact) mass is 450 g/mol. The van der Waals surface area contributed by atoms with Gasteiger partial charge in [-0.05, 0) is 41.0 Å². The van der Waals surface area contributed by atoms with Crippen molar-refractivity contribution in [2.45, 2.75) is 50.5 Å². The standard InChI is InChI=1S/C26H30N2O5/c29-24(27-14-13-25(30)31)15-17-7-1-6-12-23(17)28-26(32)33-16-22-20-10-4-2-8-18(20)19-9-3-5-11-21(19)22/h2-5,8-11,17,22-23H,1,6-7,12-16H2,(H,27,29)(H,28,32)(H,30,31)/t17-,23-/m1/s1. The van der Waals surface area contributed by atoms with Gasteiger partial charge in [-0.1, -0.05) is 61.4 Å². The number of hydrogen-bond donors (Lipinski definition) is 3. The Hall–Kier alpha value is -3.35. The number of fused-ring (bicyclic) bond motifs is 3. The molecule has 0 aromatic heterocycles. The van der Waals surface area contributed by atoms with Crippen LogP contribution in [-0.2, 0) is 14.3 Å². The average Bonchev–Trinajstić information content (AvgIpc) is 3.12. The quantitative estimate of drug-likeness (QED) is 0.562. The van der Waals surface area contributed by atoms with Crippen LogP contribution >= 0.6 is 0 Å². The molecule has 7 nitrogen and oxygen atoms in total. The van der Waals surface area contributed by atoms with Crippen molar-refractivity contribution in [3.63, 3.8) is 0 Å². The van der Waals surface area contributed by atoms with E-state index in [1.54, 1.807) is 0 Å². The number of carboxylic acid groups (broad SMARTS) is 1. The van der Waals surface area contributed by atoms with E-state index in [0.717, 1.165) is 25.7 Å². The van der Waals surface area contributed by atoms with E-state index < -0.39 is 12.1 Å². The van der Waals surface area contributed by atoms with Crippen LogP contribution < -0.4 is 10.6 Å². The maximum Gasteiger partial charge on any atom is 0.407 e. The fourth-order valence-electron chi connectivity index (χ4n) is 5.05. The highest BCUT2D eigenvalue weighted by Gasteiger charge is 2.31. The molecule has 0 radical (unpaired) electrons. The van der Waals surface area contributed by atoms with Crippen LogP contribution in [0.2, 0.25) is 0 Å². The minimum Gasteiger partial charge on any atom is -0.481 e. The summed E-state index contributed by atoms with van der Waals surface area (Å²) in [6, 6.07) is 16.3. The molecule has 0 aliphatic heterocycles. The van der Waals surface area contributed by atoms with Gasteiger partial charge in [-0.3, -0.25) is 9.59 Å². The normalized spacial score (nSPS) is 19.3. The van der Waals surface area contributed by atoms with Gasteiger partial charge in [0.25, 0.3) is 0 Å². The average molecular weight is 451 g/mol. The predicted molar refractivity (Wildman–Crippen MR) is 124 cm³/mol. The summed E-state index contributed by atoms with van der Waals surface area (Å²) in [4.78, 5) is 35.5. The molecular weight excluding hydrogens is 420 g/mol. The lowest BCUT2D eigenvalue weighted by atomic mass is 9.82. The second kappa shape index (κ2) is 10.5. The van der Waals surface area contributed by atoms with Crippen LogP contribution in [0.4, 0.5) is 4.79 Å². The molecule has 3 N–H and O–H groups in total. The Labute approximate surface area is 193 Å². The third-order valence-electron chi connectivity index (χ3n) is 6.66. The van der Waals surface area contributed by atoms with Gasteiger partial charge in [0, 0.05) is 24.9 Å².